The summed E-state index contributed by atoms with van der Waals surface area (Å²) in [6.45, 7) is 3.40. The van der Waals surface area contributed by atoms with Gasteiger partial charge in [-0.05, 0) is 51.3 Å². The average Bonchev–Trinajstić information content (AvgIpc) is 3.18. The van der Waals surface area contributed by atoms with Crippen LogP contribution in [0.3, 0.4) is 0 Å². The van der Waals surface area contributed by atoms with Gasteiger partial charge in [-0.15, -0.1) is 11.6 Å². The predicted octanol–water partition coefficient (Wildman–Crippen LogP) is 5.10. The van der Waals surface area contributed by atoms with Crippen molar-refractivity contribution in [1.82, 2.24) is 9.97 Å². The van der Waals surface area contributed by atoms with Crippen molar-refractivity contribution in [2.24, 2.45) is 4.99 Å². The van der Waals surface area contributed by atoms with Crippen LogP contribution in [0.15, 0.2) is 57.2 Å². The number of allylic oxidation sites excluding steroid dienone is 6. The number of alkyl halides is 1. The molecule has 0 fully saturated rings. The summed E-state index contributed by atoms with van der Waals surface area (Å²) in [7, 11) is 0. The van der Waals surface area contributed by atoms with Crippen LogP contribution < -0.4 is 0 Å². The summed E-state index contributed by atoms with van der Waals surface area (Å²) in [6, 6.07) is 5.88. The molecule has 1 aliphatic heterocycles. The van der Waals surface area contributed by atoms with Gasteiger partial charge >= 0.3 is 0 Å². The van der Waals surface area contributed by atoms with Crippen molar-refractivity contribution in [3.63, 3.8) is 0 Å². The van der Waals surface area contributed by atoms with Gasteiger partial charge in [-0.1, -0.05) is 12.2 Å². The first-order valence-electron chi connectivity index (χ1n) is 10.2. The predicted molar refractivity (Wildman–Crippen MR) is 120 cm³/mol. The molecule has 7 heteroatoms. The highest BCUT2D eigenvalue weighted by atomic mass is 35.5. The van der Waals surface area contributed by atoms with Gasteiger partial charge < -0.3 is 9.52 Å². The van der Waals surface area contributed by atoms with Gasteiger partial charge in [0.15, 0.2) is 0 Å². The SMILES string of the molecule is CC(C)(O)c1ccc(-c2nc(C3=CC=C(C#N)CC3)oc2CC2=CCC(Cl)C=N2)cn1. The van der Waals surface area contributed by atoms with Gasteiger partial charge in [0.2, 0.25) is 5.89 Å². The van der Waals surface area contributed by atoms with E-state index in [1.54, 1.807) is 32.3 Å². The summed E-state index contributed by atoms with van der Waals surface area (Å²) in [6.07, 6.45) is 11.8. The van der Waals surface area contributed by atoms with Gasteiger partial charge in [-0.2, -0.15) is 5.26 Å². The molecule has 3 heterocycles. The highest BCUT2D eigenvalue weighted by molar-refractivity contribution is 6.28. The van der Waals surface area contributed by atoms with E-state index in [4.69, 9.17) is 26.3 Å². The van der Waals surface area contributed by atoms with Gasteiger partial charge in [0, 0.05) is 34.8 Å². The van der Waals surface area contributed by atoms with Gasteiger partial charge in [-0.25, -0.2) is 4.98 Å². The van der Waals surface area contributed by atoms with E-state index in [1.165, 1.54) is 0 Å². The van der Waals surface area contributed by atoms with Crippen molar-refractivity contribution in [2.75, 3.05) is 0 Å². The standard InChI is InChI=1S/C24H23ClN4O2/c1-24(2,30)21-10-7-17(13-28-21)22-20(11-19-9-8-18(25)14-27-19)31-23(29-22)16-5-3-15(12-26)4-6-16/h3,5,7,9-10,13-14,18,30H,4,6,8,11H2,1-2H3. The molecule has 4 rings (SSSR count). The Morgan fingerprint density at radius 1 is 1.29 bits per heavy atom. The van der Waals surface area contributed by atoms with Crippen LogP contribution in [-0.4, -0.2) is 26.7 Å². The number of hydrogen-bond donors (Lipinski definition) is 1. The molecule has 2 aromatic rings. The van der Waals surface area contributed by atoms with Crippen molar-refractivity contribution in [2.45, 2.75) is 50.5 Å². The highest BCUT2D eigenvalue weighted by Crippen LogP contribution is 2.33. The second kappa shape index (κ2) is 8.62. The second-order valence-corrected chi connectivity index (χ2v) is 8.74. The largest absolute Gasteiger partial charge is 0.440 e. The molecule has 0 saturated heterocycles. The van der Waals surface area contributed by atoms with E-state index in [1.807, 2.05) is 24.3 Å². The Bertz CT molecular complexity index is 1140. The Hall–Kier alpha value is -3.01. The molecule has 0 aromatic carbocycles. The summed E-state index contributed by atoms with van der Waals surface area (Å²) in [5.41, 5.74) is 3.65. The van der Waals surface area contributed by atoms with Gasteiger partial charge in [0.25, 0.3) is 0 Å². The lowest BCUT2D eigenvalue weighted by atomic mass is 9.99. The van der Waals surface area contributed by atoms with Gasteiger partial charge in [-0.3, -0.25) is 9.98 Å². The normalized spacial score (nSPS) is 18.8. The van der Waals surface area contributed by atoms with Crippen LogP contribution >= 0.6 is 11.6 Å². The van der Waals surface area contributed by atoms with E-state index in [9.17, 15) is 5.11 Å². The summed E-state index contributed by atoms with van der Waals surface area (Å²) in [5, 5.41) is 19.2. The minimum atomic E-state index is -1.02. The number of nitriles is 1. The first kappa shape index (κ1) is 21.2. The highest BCUT2D eigenvalue weighted by Gasteiger charge is 2.22. The van der Waals surface area contributed by atoms with Crippen molar-refractivity contribution in [3.8, 4) is 17.3 Å². The van der Waals surface area contributed by atoms with E-state index in [0.29, 0.717) is 42.3 Å². The van der Waals surface area contributed by atoms with Crippen molar-refractivity contribution < 1.29 is 9.52 Å². The smallest absolute Gasteiger partial charge is 0.222 e. The zero-order chi connectivity index (χ0) is 22.0. The maximum Gasteiger partial charge on any atom is 0.222 e. The van der Waals surface area contributed by atoms with Crippen LogP contribution in [0.2, 0.25) is 0 Å². The topological polar surface area (TPSA) is 95.3 Å². The zero-order valence-corrected chi connectivity index (χ0v) is 18.2. The molecule has 1 unspecified atom stereocenters. The summed E-state index contributed by atoms with van der Waals surface area (Å²) in [4.78, 5) is 13.6. The van der Waals surface area contributed by atoms with Crippen molar-refractivity contribution in [1.29, 1.82) is 5.26 Å². The Balaban J connectivity index is 1.71. The number of aliphatic hydroxyl groups is 1. The zero-order valence-electron chi connectivity index (χ0n) is 17.5. The maximum absolute atomic E-state index is 10.2. The Labute approximate surface area is 186 Å². The van der Waals surface area contributed by atoms with Gasteiger partial charge in [0.1, 0.15) is 17.1 Å². The first-order chi connectivity index (χ1) is 14.8. The number of halogens is 1. The van der Waals surface area contributed by atoms with E-state index >= 15 is 0 Å². The quantitative estimate of drug-likeness (QED) is 0.660. The van der Waals surface area contributed by atoms with E-state index in [2.05, 4.69) is 16.0 Å². The Morgan fingerprint density at radius 3 is 2.71 bits per heavy atom. The Morgan fingerprint density at radius 2 is 2.13 bits per heavy atom. The van der Waals surface area contributed by atoms with Crippen LogP contribution in [0, 0.1) is 11.3 Å². The lowest BCUT2D eigenvalue weighted by molar-refractivity contribution is 0.0739. The molecule has 158 valence electrons. The fraction of sp³-hybridized carbons (Fsp3) is 0.333. The molecule has 0 saturated carbocycles. The maximum atomic E-state index is 10.2. The number of aromatic nitrogens is 2. The number of pyridine rings is 1. The molecule has 2 aliphatic rings. The second-order valence-electron chi connectivity index (χ2n) is 8.18. The molecule has 1 aliphatic carbocycles. The summed E-state index contributed by atoms with van der Waals surface area (Å²) >= 11 is 6.10. The number of oxazole rings is 1. The third-order valence-corrected chi connectivity index (χ3v) is 5.54. The van der Waals surface area contributed by atoms with Crippen molar-refractivity contribution in [3.05, 3.63) is 65.2 Å². The molecule has 0 amide bonds. The molecule has 1 N–H and O–H groups in total. The number of hydrogen-bond acceptors (Lipinski definition) is 6. The number of aliphatic imine (C=N–C) groups is 1. The minimum absolute atomic E-state index is 0.0828. The number of rotatable bonds is 5. The lowest BCUT2D eigenvalue weighted by Gasteiger charge is -2.16. The average molecular weight is 435 g/mol. The van der Waals surface area contributed by atoms with Gasteiger partial charge in [0.05, 0.1) is 23.6 Å². The molecule has 1 atom stereocenters. The van der Waals surface area contributed by atoms with E-state index < -0.39 is 5.60 Å². The third-order valence-electron chi connectivity index (χ3n) is 5.25. The first-order valence-corrected chi connectivity index (χ1v) is 10.6. The molecule has 6 nitrogen and oxygen atoms in total. The monoisotopic (exact) mass is 434 g/mol. The molecule has 2 aromatic heterocycles. The summed E-state index contributed by atoms with van der Waals surface area (Å²) < 4.78 is 6.19. The van der Waals surface area contributed by atoms with Crippen LogP contribution in [-0.2, 0) is 12.0 Å². The van der Waals surface area contributed by atoms with Crippen LogP contribution in [0.25, 0.3) is 16.8 Å². The van der Waals surface area contributed by atoms with E-state index in [-0.39, 0.29) is 5.38 Å². The minimum Gasteiger partial charge on any atom is -0.440 e. The fourth-order valence-corrected chi connectivity index (χ4v) is 3.61. The fourth-order valence-electron chi connectivity index (χ4n) is 3.46. The van der Waals surface area contributed by atoms with E-state index in [0.717, 1.165) is 28.8 Å². The molecular formula is C24H23ClN4O2. The molecule has 0 spiro atoms. The van der Waals surface area contributed by atoms with Crippen molar-refractivity contribution >= 4 is 23.4 Å². The Kier molecular flexibility index (Phi) is 5.90. The van der Waals surface area contributed by atoms with Crippen LogP contribution in [0.1, 0.15) is 50.5 Å². The lowest BCUT2D eigenvalue weighted by Crippen LogP contribution is -2.17. The molecular weight excluding hydrogens is 412 g/mol. The molecule has 0 radical (unpaired) electrons. The molecule has 0 bridgehead atoms. The number of nitrogens with zero attached hydrogens (tertiary/aromatic N) is 4. The van der Waals surface area contributed by atoms with Crippen LogP contribution in [0.4, 0.5) is 0 Å². The summed E-state index contributed by atoms with van der Waals surface area (Å²) in [5.74, 6) is 1.24. The molecule has 31 heavy (non-hydrogen) atoms. The van der Waals surface area contributed by atoms with Crippen LogP contribution in [0.5, 0.6) is 0 Å². The third kappa shape index (κ3) is 4.84.